The zero-order chi connectivity index (χ0) is 10.0. The molecule has 0 aromatic carbocycles. The Morgan fingerprint density at radius 3 is 2.62 bits per heavy atom. The van der Waals surface area contributed by atoms with E-state index in [4.69, 9.17) is 0 Å². The number of carbonyl (C=O) groups excluding carboxylic acids is 1. The molecule has 0 atom stereocenters. The molecule has 2 nitrogen and oxygen atoms in total. The van der Waals surface area contributed by atoms with Crippen molar-refractivity contribution in [2.45, 2.75) is 13.5 Å². The molecule has 1 rings (SSSR count). The van der Waals surface area contributed by atoms with E-state index >= 15 is 0 Å². The number of hydrogen-bond acceptors (Lipinski definition) is 3. The molecule has 0 bridgehead atoms. The van der Waals surface area contributed by atoms with Crippen LogP contribution in [-0.2, 0) is 6.54 Å². The maximum absolute atomic E-state index is 11.1. The fraction of sp³-hybridized carbons (Fsp3) is 0.444. The van der Waals surface area contributed by atoms with Gasteiger partial charge in [-0.2, -0.15) is 0 Å². The fourth-order valence-electron chi connectivity index (χ4n) is 1.03. The second-order valence-electron chi connectivity index (χ2n) is 3.20. The van der Waals surface area contributed by atoms with Gasteiger partial charge < -0.3 is 4.90 Å². The molecular weight excluding hydrogens is 250 g/mol. The largest absolute Gasteiger partial charge is 0.305 e. The van der Waals surface area contributed by atoms with E-state index in [9.17, 15) is 4.79 Å². The van der Waals surface area contributed by atoms with Crippen LogP contribution in [0.2, 0.25) is 0 Å². The maximum atomic E-state index is 11.1. The van der Waals surface area contributed by atoms with Crippen LogP contribution in [0.25, 0.3) is 0 Å². The number of Topliss-reactive ketones (excluding diaryl/α,β-unsaturated/α-hetero) is 1. The van der Waals surface area contributed by atoms with Gasteiger partial charge in [-0.1, -0.05) is 0 Å². The second kappa shape index (κ2) is 4.35. The number of carbonyl (C=O) groups is 1. The minimum Gasteiger partial charge on any atom is -0.305 e. The number of hydrogen-bond donors (Lipinski definition) is 0. The van der Waals surface area contributed by atoms with Crippen LogP contribution in [0.3, 0.4) is 0 Å². The Labute approximate surface area is 90.7 Å². The molecule has 0 fully saturated rings. The van der Waals surface area contributed by atoms with Crippen molar-refractivity contribution in [1.82, 2.24) is 4.90 Å². The molecule has 0 radical (unpaired) electrons. The van der Waals surface area contributed by atoms with Crippen molar-refractivity contribution in [3.05, 3.63) is 20.3 Å². The zero-order valence-corrected chi connectivity index (χ0v) is 10.3. The Bertz CT molecular complexity index is 319. The molecule has 0 unspecified atom stereocenters. The summed E-state index contributed by atoms with van der Waals surface area (Å²) in [6, 6.07) is 1.96. The molecule has 0 N–H and O–H groups in total. The summed E-state index contributed by atoms with van der Waals surface area (Å²) in [5, 5.41) is 0. The van der Waals surface area contributed by atoms with E-state index in [1.165, 1.54) is 16.9 Å². The Kier molecular flexibility index (Phi) is 3.64. The monoisotopic (exact) mass is 261 g/mol. The zero-order valence-electron chi connectivity index (χ0n) is 7.93. The smallest absolute Gasteiger partial charge is 0.169 e. The van der Waals surface area contributed by atoms with E-state index in [2.05, 4.69) is 20.8 Å². The van der Waals surface area contributed by atoms with E-state index in [1.807, 2.05) is 20.2 Å². The summed E-state index contributed by atoms with van der Waals surface area (Å²) in [7, 11) is 4.02. The highest BCUT2D eigenvalue weighted by molar-refractivity contribution is 9.11. The van der Waals surface area contributed by atoms with Crippen molar-refractivity contribution in [3.63, 3.8) is 0 Å². The molecule has 0 aliphatic heterocycles. The summed E-state index contributed by atoms with van der Waals surface area (Å²) in [5.41, 5.74) is 1.18. The summed E-state index contributed by atoms with van der Waals surface area (Å²) in [5.74, 6) is 0.135. The van der Waals surface area contributed by atoms with Crippen LogP contribution >= 0.6 is 27.3 Å². The SMILES string of the molecule is CC(=O)c1cc(CN(C)C)c(Br)s1. The van der Waals surface area contributed by atoms with Crippen molar-refractivity contribution in [2.24, 2.45) is 0 Å². The highest BCUT2D eigenvalue weighted by Crippen LogP contribution is 2.29. The Morgan fingerprint density at radius 2 is 2.23 bits per heavy atom. The number of rotatable bonds is 3. The lowest BCUT2D eigenvalue weighted by molar-refractivity contribution is 0.102. The highest BCUT2D eigenvalue weighted by atomic mass is 79.9. The van der Waals surface area contributed by atoms with Crippen molar-refractivity contribution in [2.75, 3.05) is 14.1 Å². The van der Waals surface area contributed by atoms with Crippen molar-refractivity contribution in [1.29, 1.82) is 0 Å². The van der Waals surface area contributed by atoms with Gasteiger partial charge in [0, 0.05) is 6.54 Å². The first-order valence-corrected chi connectivity index (χ1v) is 5.55. The lowest BCUT2D eigenvalue weighted by Crippen LogP contribution is -2.10. The molecule has 0 amide bonds. The molecule has 1 heterocycles. The average Bonchev–Trinajstić information content (AvgIpc) is 2.31. The lowest BCUT2D eigenvalue weighted by Gasteiger charge is -2.07. The molecule has 0 saturated carbocycles. The molecule has 0 spiro atoms. The first-order chi connectivity index (χ1) is 6.00. The van der Waals surface area contributed by atoms with Crippen LogP contribution in [-0.4, -0.2) is 24.8 Å². The summed E-state index contributed by atoms with van der Waals surface area (Å²) < 4.78 is 1.06. The molecule has 4 heteroatoms. The third kappa shape index (κ3) is 2.90. The van der Waals surface area contributed by atoms with Crippen LogP contribution in [0.1, 0.15) is 22.2 Å². The Morgan fingerprint density at radius 1 is 1.62 bits per heavy atom. The van der Waals surface area contributed by atoms with Gasteiger partial charge in [-0.05, 0) is 48.6 Å². The summed E-state index contributed by atoms with van der Waals surface area (Å²) in [6.45, 7) is 2.46. The van der Waals surface area contributed by atoms with Gasteiger partial charge in [0.15, 0.2) is 5.78 Å². The predicted octanol–water partition coefficient (Wildman–Crippen LogP) is 2.77. The van der Waals surface area contributed by atoms with Gasteiger partial charge in [0.1, 0.15) is 0 Å². The molecule has 0 aliphatic carbocycles. The third-order valence-corrected chi connectivity index (χ3v) is 3.65. The molecule has 1 aromatic rings. The van der Waals surface area contributed by atoms with E-state index in [0.717, 1.165) is 15.2 Å². The first kappa shape index (κ1) is 10.9. The predicted molar refractivity (Wildman–Crippen MR) is 59.4 cm³/mol. The molecule has 0 saturated heterocycles. The lowest BCUT2D eigenvalue weighted by atomic mass is 10.2. The van der Waals surface area contributed by atoms with Gasteiger partial charge in [0.05, 0.1) is 8.66 Å². The van der Waals surface area contributed by atoms with Crippen LogP contribution in [0.15, 0.2) is 9.85 Å². The minimum absolute atomic E-state index is 0.135. The number of ketones is 1. The Hall–Kier alpha value is -0.190. The van der Waals surface area contributed by atoms with E-state index in [0.29, 0.717) is 0 Å². The van der Waals surface area contributed by atoms with Gasteiger partial charge in [-0.15, -0.1) is 11.3 Å². The molecule has 72 valence electrons. The summed E-state index contributed by atoms with van der Waals surface area (Å²) >= 11 is 4.96. The summed E-state index contributed by atoms with van der Waals surface area (Å²) in [6.07, 6.45) is 0. The average molecular weight is 262 g/mol. The number of halogens is 1. The van der Waals surface area contributed by atoms with Crippen LogP contribution in [0, 0.1) is 0 Å². The summed E-state index contributed by atoms with van der Waals surface area (Å²) in [4.78, 5) is 14.0. The van der Waals surface area contributed by atoms with Crippen LogP contribution in [0.5, 0.6) is 0 Å². The molecule has 13 heavy (non-hydrogen) atoms. The van der Waals surface area contributed by atoms with Crippen molar-refractivity contribution < 1.29 is 4.79 Å². The molecule has 0 aliphatic rings. The quantitative estimate of drug-likeness (QED) is 0.781. The van der Waals surface area contributed by atoms with E-state index in [-0.39, 0.29) is 5.78 Å². The van der Waals surface area contributed by atoms with Crippen LogP contribution < -0.4 is 0 Å². The normalized spacial score (nSPS) is 10.8. The first-order valence-electron chi connectivity index (χ1n) is 3.94. The van der Waals surface area contributed by atoms with Crippen LogP contribution in [0.4, 0.5) is 0 Å². The third-order valence-electron chi connectivity index (χ3n) is 1.59. The topological polar surface area (TPSA) is 20.3 Å². The maximum Gasteiger partial charge on any atom is 0.169 e. The van der Waals surface area contributed by atoms with E-state index < -0.39 is 0 Å². The standard InChI is InChI=1S/C9H12BrNOS/c1-6(12)8-4-7(5-11(2)3)9(10)13-8/h4H,5H2,1-3H3. The Balaban J connectivity index is 2.90. The van der Waals surface area contributed by atoms with Gasteiger partial charge >= 0.3 is 0 Å². The number of nitrogens with zero attached hydrogens (tertiary/aromatic N) is 1. The van der Waals surface area contributed by atoms with Gasteiger partial charge in [0.2, 0.25) is 0 Å². The van der Waals surface area contributed by atoms with Gasteiger partial charge in [-0.3, -0.25) is 4.79 Å². The highest BCUT2D eigenvalue weighted by Gasteiger charge is 2.09. The fourth-order valence-corrected chi connectivity index (χ4v) is 2.58. The number of thiophene rings is 1. The van der Waals surface area contributed by atoms with Crippen molar-refractivity contribution in [3.8, 4) is 0 Å². The van der Waals surface area contributed by atoms with E-state index in [1.54, 1.807) is 6.92 Å². The minimum atomic E-state index is 0.135. The van der Waals surface area contributed by atoms with Gasteiger partial charge in [-0.25, -0.2) is 0 Å². The molecular formula is C9H12BrNOS. The van der Waals surface area contributed by atoms with Crippen molar-refractivity contribution >= 4 is 33.0 Å². The van der Waals surface area contributed by atoms with Gasteiger partial charge in [0.25, 0.3) is 0 Å². The molecule has 1 aromatic heterocycles. The second-order valence-corrected chi connectivity index (χ2v) is 5.57.